The molecule has 6 aromatic carbocycles. The second-order valence-electron chi connectivity index (χ2n) is 11.9. The molecule has 0 fully saturated rings. The van der Waals surface area contributed by atoms with Gasteiger partial charge >= 0.3 is 0 Å². The summed E-state index contributed by atoms with van der Waals surface area (Å²) in [5, 5.41) is 9.33. The standard InChI is InChI=1S/C42H30N4O/c1-4-11-27(12-5-1)33-23-34(39-35-26-36-32(17-10-22-43-36)24-37(35)47-38(39)25-33)28-18-20-31(21-19-28)42-45-40(29-13-6-2-7-14-29)44-41(46-42)30-15-8-3-9-16-30/h1-21,23-26,40,43H,22H2,(H,44,45,46). The molecule has 0 spiro atoms. The van der Waals surface area contributed by atoms with Gasteiger partial charge in [0, 0.05) is 39.7 Å². The molecule has 5 heteroatoms. The summed E-state index contributed by atoms with van der Waals surface area (Å²) in [5.74, 6) is 1.51. The Morgan fingerprint density at radius 2 is 1.32 bits per heavy atom. The summed E-state index contributed by atoms with van der Waals surface area (Å²) in [6, 6.07) is 48.5. The molecule has 2 aliphatic rings. The lowest BCUT2D eigenvalue weighted by Gasteiger charge is -2.23. The summed E-state index contributed by atoms with van der Waals surface area (Å²) in [4.78, 5) is 9.99. The molecule has 7 aromatic rings. The van der Waals surface area contributed by atoms with Crippen LogP contribution in [0.5, 0.6) is 0 Å². The summed E-state index contributed by atoms with van der Waals surface area (Å²) >= 11 is 0. The molecule has 1 aromatic heterocycles. The van der Waals surface area contributed by atoms with Crippen LogP contribution in [0.3, 0.4) is 0 Å². The second kappa shape index (κ2) is 11.3. The van der Waals surface area contributed by atoms with Gasteiger partial charge in [-0.05, 0) is 52.1 Å². The Balaban J connectivity index is 1.17. The fraction of sp³-hybridized carbons (Fsp3) is 0.0476. The Morgan fingerprint density at radius 1 is 0.617 bits per heavy atom. The minimum Gasteiger partial charge on any atom is -0.456 e. The Kier molecular flexibility index (Phi) is 6.53. The lowest BCUT2D eigenvalue weighted by Crippen LogP contribution is -2.33. The van der Waals surface area contributed by atoms with Crippen molar-refractivity contribution in [2.24, 2.45) is 9.98 Å². The molecule has 3 heterocycles. The van der Waals surface area contributed by atoms with Gasteiger partial charge in [0.15, 0.2) is 5.84 Å². The van der Waals surface area contributed by atoms with E-state index in [1.54, 1.807) is 0 Å². The molecule has 0 bridgehead atoms. The van der Waals surface area contributed by atoms with Gasteiger partial charge in [0.1, 0.15) is 23.2 Å². The fourth-order valence-corrected chi connectivity index (χ4v) is 6.56. The number of fused-ring (bicyclic) bond motifs is 4. The zero-order valence-corrected chi connectivity index (χ0v) is 25.5. The average Bonchev–Trinajstić information content (AvgIpc) is 3.51. The molecular formula is C42H30N4O. The lowest BCUT2D eigenvalue weighted by molar-refractivity contribution is 0.669. The van der Waals surface area contributed by atoms with Gasteiger partial charge < -0.3 is 15.1 Å². The normalized spacial score (nSPS) is 15.4. The van der Waals surface area contributed by atoms with Crippen molar-refractivity contribution in [1.82, 2.24) is 5.32 Å². The van der Waals surface area contributed by atoms with Crippen molar-refractivity contribution >= 4 is 45.4 Å². The fourth-order valence-electron chi connectivity index (χ4n) is 6.56. The van der Waals surface area contributed by atoms with Crippen LogP contribution in [0.4, 0.5) is 5.69 Å². The van der Waals surface area contributed by atoms with Crippen LogP contribution in [0.2, 0.25) is 0 Å². The summed E-state index contributed by atoms with van der Waals surface area (Å²) in [7, 11) is 0. The topological polar surface area (TPSA) is 61.9 Å². The molecule has 1 unspecified atom stereocenters. The number of nitrogens with one attached hydrogen (secondary N) is 2. The minimum atomic E-state index is -0.243. The number of anilines is 1. The highest BCUT2D eigenvalue weighted by atomic mass is 16.3. The number of rotatable bonds is 5. The SMILES string of the molecule is C1=Cc2cc3oc4cc(-c5ccccc5)cc(-c5ccc(C6=NC(c7ccccc7)=NC(c7ccccc7)N6)cc5)c4c3cc2NC1. The van der Waals surface area contributed by atoms with Gasteiger partial charge in [0.2, 0.25) is 0 Å². The molecular weight excluding hydrogens is 576 g/mol. The maximum absolute atomic E-state index is 6.57. The van der Waals surface area contributed by atoms with Crippen molar-refractivity contribution in [3.63, 3.8) is 0 Å². The van der Waals surface area contributed by atoms with Crippen molar-refractivity contribution in [1.29, 1.82) is 0 Å². The lowest BCUT2D eigenvalue weighted by atomic mass is 9.93. The molecule has 2 aliphatic heterocycles. The molecule has 1 atom stereocenters. The molecule has 47 heavy (non-hydrogen) atoms. The molecule has 2 N–H and O–H groups in total. The van der Waals surface area contributed by atoms with Gasteiger partial charge in [-0.3, -0.25) is 0 Å². The van der Waals surface area contributed by atoms with Crippen molar-refractivity contribution in [3.05, 3.63) is 168 Å². The number of benzene rings is 6. The van der Waals surface area contributed by atoms with E-state index in [0.717, 1.165) is 84.5 Å². The van der Waals surface area contributed by atoms with E-state index in [9.17, 15) is 0 Å². The third kappa shape index (κ3) is 4.99. The Morgan fingerprint density at radius 3 is 2.09 bits per heavy atom. The smallest absolute Gasteiger partial charge is 0.159 e. The molecule has 5 nitrogen and oxygen atoms in total. The van der Waals surface area contributed by atoms with Gasteiger partial charge in [0.25, 0.3) is 0 Å². The first-order valence-corrected chi connectivity index (χ1v) is 15.9. The average molecular weight is 607 g/mol. The third-order valence-corrected chi connectivity index (χ3v) is 8.92. The first kappa shape index (κ1) is 27.1. The van der Waals surface area contributed by atoms with E-state index in [2.05, 4.69) is 120 Å². The Bertz CT molecular complexity index is 2350. The summed E-state index contributed by atoms with van der Waals surface area (Å²) in [6.07, 6.45) is 4.05. The number of hydrogen-bond acceptors (Lipinski definition) is 5. The van der Waals surface area contributed by atoms with Crippen LogP contribution in [-0.2, 0) is 0 Å². The van der Waals surface area contributed by atoms with Gasteiger partial charge in [-0.2, -0.15) is 0 Å². The number of nitrogens with zero attached hydrogens (tertiary/aromatic N) is 2. The molecule has 0 saturated carbocycles. The Hall–Kier alpha value is -6.20. The monoisotopic (exact) mass is 606 g/mol. The second-order valence-corrected chi connectivity index (χ2v) is 11.9. The number of furan rings is 1. The van der Waals surface area contributed by atoms with Crippen LogP contribution in [0, 0.1) is 0 Å². The number of amidine groups is 2. The molecule has 224 valence electrons. The van der Waals surface area contributed by atoms with Crippen molar-refractivity contribution in [3.8, 4) is 22.3 Å². The highest BCUT2D eigenvalue weighted by molar-refractivity contribution is 6.16. The zero-order valence-electron chi connectivity index (χ0n) is 25.5. The molecule has 0 amide bonds. The van der Waals surface area contributed by atoms with Gasteiger partial charge in [0.05, 0.1) is 0 Å². The first-order valence-electron chi connectivity index (χ1n) is 15.9. The third-order valence-electron chi connectivity index (χ3n) is 8.92. The van der Waals surface area contributed by atoms with Gasteiger partial charge in [-0.15, -0.1) is 0 Å². The quantitative estimate of drug-likeness (QED) is 0.205. The number of aliphatic imine (C=N–C) groups is 2. The summed E-state index contributed by atoms with van der Waals surface area (Å²) in [5.41, 5.74) is 11.6. The van der Waals surface area contributed by atoms with Crippen molar-refractivity contribution in [2.75, 3.05) is 11.9 Å². The van der Waals surface area contributed by atoms with Crippen LogP contribution >= 0.6 is 0 Å². The van der Waals surface area contributed by atoms with Crippen LogP contribution in [-0.4, -0.2) is 18.2 Å². The van der Waals surface area contributed by atoms with E-state index in [4.69, 9.17) is 14.4 Å². The highest BCUT2D eigenvalue weighted by Crippen LogP contribution is 2.42. The van der Waals surface area contributed by atoms with E-state index in [0.29, 0.717) is 5.84 Å². The van der Waals surface area contributed by atoms with Crippen LogP contribution in [0.25, 0.3) is 50.3 Å². The maximum atomic E-state index is 6.57. The number of hydrogen-bond donors (Lipinski definition) is 2. The molecule has 0 radical (unpaired) electrons. The van der Waals surface area contributed by atoms with Crippen molar-refractivity contribution < 1.29 is 4.42 Å². The molecule has 0 saturated heterocycles. The van der Waals surface area contributed by atoms with E-state index in [1.165, 1.54) is 0 Å². The predicted octanol–water partition coefficient (Wildman–Crippen LogP) is 9.85. The van der Waals surface area contributed by atoms with Crippen LogP contribution in [0.1, 0.15) is 28.4 Å². The minimum absolute atomic E-state index is 0.243. The predicted molar refractivity (Wildman–Crippen MR) is 194 cm³/mol. The van der Waals surface area contributed by atoms with E-state index < -0.39 is 0 Å². The van der Waals surface area contributed by atoms with Crippen molar-refractivity contribution in [2.45, 2.75) is 6.17 Å². The van der Waals surface area contributed by atoms with Crippen LogP contribution in [0.15, 0.2) is 160 Å². The zero-order chi connectivity index (χ0) is 31.2. The summed E-state index contributed by atoms with van der Waals surface area (Å²) < 4.78 is 6.57. The van der Waals surface area contributed by atoms with E-state index in [1.807, 2.05) is 42.5 Å². The largest absolute Gasteiger partial charge is 0.456 e. The van der Waals surface area contributed by atoms with Gasteiger partial charge in [-0.25, -0.2) is 9.98 Å². The van der Waals surface area contributed by atoms with Gasteiger partial charge in [-0.1, -0.05) is 127 Å². The highest BCUT2D eigenvalue weighted by Gasteiger charge is 2.22. The molecule has 0 aliphatic carbocycles. The maximum Gasteiger partial charge on any atom is 0.159 e. The van der Waals surface area contributed by atoms with E-state index >= 15 is 0 Å². The first-order chi connectivity index (χ1) is 23.3. The summed E-state index contributed by atoms with van der Waals surface area (Å²) in [6.45, 7) is 0.820. The van der Waals surface area contributed by atoms with Crippen LogP contribution < -0.4 is 10.6 Å². The Labute approximate surface area is 272 Å². The van der Waals surface area contributed by atoms with E-state index in [-0.39, 0.29) is 6.17 Å². The molecule has 9 rings (SSSR count).